The fraction of sp³-hybridized carbons (Fsp3) is 0.500. The second kappa shape index (κ2) is 5.87. The number of rotatable bonds is 5. The summed E-state index contributed by atoms with van der Waals surface area (Å²) in [6.45, 7) is 7.07. The molecule has 0 fully saturated rings. The fourth-order valence-corrected chi connectivity index (χ4v) is 2.17. The van der Waals surface area contributed by atoms with Crippen LogP contribution in [-0.2, 0) is 11.3 Å². The Kier molecular flexibility index (Phi) is 4.73. The summed E-state index contributed by atoms with van der Waals surface area (Å²) in [7, 11) is 3.55. The first-order valence-corrected chi connectivity index (χ1v) is 5.97. The molecule has 0 spiro atoms. The van der Waals surface area contributed by atoms with Gasteiger partial charge in [0.1, 0.15) is 5.75 Å². The van der Waals surface area contributed by atoms with Crippen molar-refractivity contribution in [1.82, 2.24) is 4.90 Å². The minimum Gasteiger partial charge on any atom is -0.496 e. The number of ether oxygens (including phenoxy) is 1. The Hall–Kier alpha value is -1.55. The molecular weight excluding hydrogens is 228 g/mol. The van der Waals surface area contributed by atoms with E-state index < -0.39 is 0 Å². The number of likely N-dealkylation sites (N-methyl/N-ethyl adjacent to an activating group) is 1. The molecule has 1 amide bonds. The Balaban J connectivity index is 3.08. The van der Waals surface area contributed by atoms with Gasteiger partial charge in [-0.25, -0.2) is 0 Å². The number of carbonyl (C=O) groups excluding carboxylic acids is 1. The van der Waals surface area contributed by atoms with Crippen LogP contribution in [-0.4, -0.2) is 31.5 Å². The highest BCUT2D eigenvalue weighted by molar-refractivity contribution is 5.75. The molecule has 0 aromatic heterocycles. The summed E-state index contributed by atoms with van der Waals surface area (Å²) >= 11 is 0. The van der Waals surface area contributed by atoms with Crippen LogP contribution in [0.15, 0.2) is 6.07 Å². The molecule has 0 saturated carbocycles. The summed E-state index contributed by atoms with van der Waals surface area (Å²) in [6, 6.07) is 2.14. The minimum absolute atomic E-state index is 0.246. The van der Waals surface area contributed by atoms with Gasteiger partial charge in [-0.15, -0.1) is 0 Å². The van der Waals surface area contributed by atoms with Crippen molar-refractivity contribution >= 4 is 5.91 Å². The Bertz CT molecular complexity index is 456. The van der Waals surface area contributed by atoms with E-state index in [0.29, 0.717) is 6.54 Å². The maximum absolute atomic E-state index is 10.9. The molecule has 1 aromatic carbocycles. The van der Waals surface area contributed by atoms with Crippen LogP contribution in [0, 0.1) is 20.8 Å². The summed E-state index contributed by atoms with van der Waals surface area (Å²) in [5, 5.41) is 0. The van der Waals surface area contributed by atoms with Crippen molar-refractivity contribution in [3.05, 3.63) is 28.3 Å². The van der Waals surface area contributed by atoms with E-state index in [9.17, 15) is 4.79 Å². The van der Waals surface area contributed by atoms with Crippen molar-refractivity contribution in [2.24, 2.45) is 5.73 Å². The molecule has 100 valence electrons. The van der Waals surface area contributed by atoms with Crippen LogP contribution in [0.1, 0.15) is 22.3 Å². The normalized spacial score (nSPS) is 10.8. The topological polar surface area (TPSA) is 55.6 Å². The Morgan fingerprint density at radius 1 is 1.33 bits per heavy atom. The molecule has 0 atom stereocenters. The van der Waals surface area contributed by atoms with Crippen LogP contribution in [0.3, 0.4) is 0 Å². The van der Waals surface area contributed by atoms with E-state index in [1.54, 1.807) is 7.11 Å². The molecule has 2 N–H and O–H groups in total. The number of methoxy groups -OCH3 is 1. The van der Waals surface area contributed by atoms with Crippen LogP contribution >= 0.6 is 0 Å². The molecule has 0 aliphatic rings. The average Bonchev–Trinajstić information content (AvgIpc) is 2.25. The van der Waals surface area contributed by atoms with Gasteiger partial charge in [-0.1, -0.05) is 6.07 Å². The number of hydrogen-bond acceptors (Lipinski definition) is 3. The van der Waals surface area contributed by atoms with E-state index in [1.165, 1.54) is 11.1 Å². The SMILES string of the molecule is COc1c(C)c(C)cc(C)c1CN(C)CC(N)=O. The zero-order valence-electron chi connectivity index (χ0n) is 11.8. The van der Waals surface area contributed by atoms with Crippen molar-refractivity contribution in [2.45, 2.75) is 27.3 Å². The quantitative estimate of drug-likeness (QED) is 0.862. The number of benzene rings is 1. The van der Waals surface area contributed by atoms with Crippen molar-refractivity contribution in [3.63, 3.8) is 0 Å². The van der Waals surface area contributed by atoms with E-state index in [0.717, 1.165) is 16.9 Å². The summed E-state index contributed by atoms with van der Waals surface area (Å²) < 4.78 is 5.50. The third-order valence-corrected chi connectivity index (χ3v) is 3.17. The van der Waals surface area contributed by atoms with Crippen LogP contribution in [0.2, 0.25) is 0 Å². The third-order valence-electron chi connectivity index (χ3n) is 3.17. The molecular formula is C14H22N2O2. The highest BCUT2D eigenvalue weighted by Gasteiger charge is 2.14. The number of primary amides is 1. The van der Waals surface area contributed by atoms with Gasteiger partial charge in [0.05, 0.1) is 13.7 Å². The molecule has 4 nitrogen and oxygen atoms in total. The van der Waals surface area contributed by atoms with Gasteiger partial charge in [-0.05, 0) is 44.5 Å². The molecule has 0 saturated heterocycles. The number of amides is 1. The van der Waals surface area contributed by atoms with Crippen molar-refractivity contribution in [3.8, 4) is 5.75 Å². The Morgan fingerprint density at radius 2 is 1.94 bits per heavy atom. The molecule has 0 unspecified atom stereocenters. The van der Waals surface area contributed by atoms with Gasteiger partial charge < -0.3 is 10.5 Å². The summed E-state index contributed by atoms with van der Waals surface area (Å²) in [4.78, 5) is 12.8. The van der Waals surface area contributed by atoms with E-state index >= 15 is 0 Å². The standard InChI is InChI=1S/C14H22N2O2/c1-9-6-10(2)12(14(18-5)11(9)3)7-16(4)8-13(15)17/h6H,7-8H2,1-5H3,(H2,15,17). The molecule has 0 aliphatic carbocycles. The van der Waals surface area contributed by atoms with Crippen LogP contribution in [0.4, 0.5) is 0 Å². The van der Waals surface area contributed by atoms with Crippen molar-refractivity contribution in [2.75, 3.05) is 20.7 Å². The highest BCUT2D eigenvalue weighted by atomic mass is 16.5. The molecule has 0 aliphatic heterocycles. The number of nitrogens with zero attached hydrogens (tertiary/aromatic N) is 1. The van der Waals surface area contributed by atoms with Gasteiger partial charge in [0, 0.05) is 12.1 Å². The van der Waals surface area contributed by atoms with Gasteiger partial charge in [0.15, 0.2) is 0 Å². The zero-order chi connectivity index (χ0) is 13.9. The van der Waals surface area contributed by atoms with Gasteiger partial charge in [-0.2, -0.15) is 0 Å². The summed E-state index contributed by atoms with van der Waals surface area (Å²) in [5.41, 5.74) is 9.84. The number of hydrogen-bond donors (Lipinski definition) is 1. The van der Waals surface area contributed by atoms with E-state index in [1.807, 2.05) is 18.9 Å². The largest absolute Gasteiger partial charge is 0.496 e. The van der Waals surface area contributed by atoms with E-state index in [4.69, 9.17) is 10.5 Å². The van der Waals surface area contributed by atoms with Gasteiger partial charge in [0.2, 0.25) is 5.91 Å². The summed E-state index contributed by atoms with van der Waals surface area (Å²) in [6.07, 6.45) is 0. The second-order valence-electron chi connectivity index (χ2n) is 4.79. The zero-order valence-corrected chi connectivity index (χ0v) is 11.8. The van der Waals surface area contributed by atoms with Crippen molar-refractivity contribution in [1.29, 1.82) is 0 Å². The molecule has 0 radical (unpaired) electrons. The smallest absolute Gasteiger partial charge is 0.231 e. The summed E-state index contributed by atoms with van der Waals surface area (Å²) in [5.74, 6) is 0.585. The lowest BCUT2D eigenvalue weighted by Gasteiger charge is -2.21. The van der Waals surface area contributed by atoms with Crippen LogP contribution < -0.4 is 10.5 Å². The second-order valence-corrected chi connectivity index (χ2v) is 4.79. The first-order chi connectivity index (χ1) is 8.36. The Labute approximate surface area is 109 Å². The predicted molar refractivity (Wildman–Crippen MR) is 72.7 cm³/mol. The molecule has 1 rings (SSSR count). The molecule has 18 heavy (non-hydrogen) atoms. The maximum Gasteiger partial charge on any atom is 0.231 e. The number of carbonyl (C=O) groups is 1. The van der Waals surface area contributed by atoms with Gasteiger partial charge in [-0.3, -0.25) is 9.69 Å². The molecule has 1 aromatic rings. The maximum atomic E-state index is 10.9. The van der Waals surface area contributed by atoms with Gasteiger partial charge >= 0.3 is 0 Å². The lowest BCUT2D eigenvalue weighted by Crippen LogP contribution is -2.30. The van der Waals surface area contributed by atoms with E-state index in [2.05, 4.69) is 19.9 Å². The number of nitrogens with two attached hydrogens (primary N) is 1. The molecule has 0 heterocycles. The van der Waals surface area contributed by atoms with Gasteiger partial charge in [0.25, 0.3) is 0 Å². The lowest BCUT2D eigenvalue weighted by atomic mass is 9.98. The fourth-order valence-electron chi connectivity index (χ4n) is 2.17. The Morgan fingerprint density at radius 3 is 2.44 bits per heavy atom. The van der Waals surface area contributed by atoms with E-state index in [-0.39, 0.29) is 12.5 Å². The minimum atomic E-state index is -0.321. The average molecular weight is 250 g/mol. The predicted octanol–water partition coefficient (Wildman–Crippen LogP) is 1.54. The third kappa shape index (κ3) is 3.23. The van der Waals surface area contributed by atoms with Crippen molar-refractivity contribution < 1.29 is 9.53 Å². The molecule has 0 bridgehead atoms. The monoisotopic (exact) mass is 250 g/mol. The van der Waals surface area contributed by atoms with Crippen LogP contribution in [0.5, 0.6) is 5.75 Å². The first kappa shape index (κ1) is 14.5. The number of aryl methyl sites for hydroxylation is 2. The first-order valence-electron chi connectivity index (χ1n) is 5.97. The van der Waals surface area contributed by atoms with Crippen LogP contribution in [0.25, 0.3) is 0 Å². The highest BCUT2D eigenvalue weighted by Crippen LogP contribution is 2.30. The lowest BCUT2D eigenvalue weighted by molar-refractivity contribution is -0.118. The molecule has 4 heteroatoms.